The van der Waals surface area contributed by atoms with Crippen LogP contribution in [0.2, 0.25) is 0 Å². The molecule has 3 nitrogen and oxygen atoms in total. The van der Waals surface area contributed by atoms with Crippen LogP contribution in [0.5, 0.6) is 0 Å². The van der Waals surface area contributed by atoms with E-state index in [-0.39, 0.29) is 6.04 Å². The lowest BCUT2D eigenvalue weighted by Crippen LogP contribution is -2.29. The molecule has 1 heterocycles. The molecule has 0 saturated carbocycles. The lowest BCUT2D eigenvalue weighted by atomic mass is 10.2. The van der Waals surface area contributed by atoms with Gasteiger partial charge in [0.05, 0.1) is 12.5 Å². The van der Waals surface area contributed by atoms with Crippen LogP contribution >= 0.6 is 15.9 Å². The number of nitrogens with zero attached hydrogens (tertiary/aromatic N) is 3. The topological polar surface area (TPSA) is 39.9 Å². The maximum absolute atomic E-state index is 8.58. The second-order valence-corrected chi connectivity index (χ2v) is 3.95. The summed E-state index contributed by atoms with van der Waals surface area (Å²) in [6.07, 6.45) is 0.505. The van der Waals surface area contributed by atoms with Crippen LogP contribution in [0, 0.1) is 11.3 Å². The number of pyridine rings is 1. The van der Waals surface area contributed by atoms with Crippen molar-refractivity contribution in [3.63, 3.8) is 0 Å². The van der Waals surface area contributed by atoms with E-state index >= 15 is 0 Å². The van der Waals surface area contributed by atoms with E-state index in [0.717, 1.165) is 10.4 Å². The summed E-state index contributed by atoms with van der Waals surface area (Å²) in [4.78, 5) is 6.30. The fraction of sp³-hybridized carbons (Fsp3) is 0.400. The van der Waals surface area contributed by atoms with Gasteiger partial charge in [-0.25, -0.2) is 4.98 Å². The number of hydrogen-bond acceptors (Lipinski definition) is 3. The van der Waals surface area contributed by atoms with E-state index in [4.69, 9.17) is 5.26 Å². The number of halogens is 1. The molecule has 0 aliphatic carbocycles. The van der Waals surface area contributed by atoms with Crippen molar-refractivity contribution in [2.45, 2.75) is 19.4 Å². The molecular weight excluding hydrogens is 242 g/mol. The summed E-state index contributed by atoms with van der Waals surface area (Å²) in [5, 5.41) is 8.58. The van der Waals surface area contributed by atoms with Crippen LogP contribution in [0.25, 0.3) is 0 Å². The predicted molar refractivity (Wildman–Crippen MR) is 60.0 cm³/mol. The molecular formula is C10H12BrN3. The minimum atomic E-state index is 0.182. The summed E-state index contributed by atoms with van der Waals surface area (Å²) >= 11 is 3.32. The molecule has 1 aromatic heterocycles. The predicted octanol–water partition coefficient (Wildman–Crippen LogP) is 2.58. The standard InChI is InChI=1S/C10H12BrN3/c1-8(6-7-12)14(2)10-5-3-4-9(11)13-10/h3-5,8H,6H2,1-2H3. The quantitative estimate of drug-likeness (QED) is 0.778. The molecule has 0 radical (unpaired) electrons. The van der Waals surface area contributed by atoms with Crippen LogP contribution in [0.15, 0.2) is 22.8 Å². The highest BCUT2D eigenvalue weighted by molar-refractivity contribution is 9.10. The molecule has 0 fully saturated rings. The summed E-state index contributed by atoms with van der Waals surface area (Å²) in [5.41, 5.74) is 0. The Hall–Kier alpha value is -1.08. The summed E-state index contributed by atoms with van der Waals surface area (Å²) in [6.45, 7) is 2.01. The van der Waals surface area contributed by atoms with Gasteiger partial charge < -0.3 is 4.90 Å². The van der Waals surface area contributed by atoms with Gasteiger partial charge in [-0.15, -0.1) is 0 Å². The molecule has 0 aromatic carbocycles. The maximum atomic E-state index is 8.58. The first-order valence-electron chi connectivity index (χ1n) is 4.37. The third-order valence-electron chi connectivity index (χ3n) is 2.11. The van der Waals surface area contributed by atoms with E-state index in [2.05, 4.69) is 27.0 Å². The molecule has 14 heavy (non-hydrogen) atoms. The Morgan fingerprint density at radius 1 is 1.64 bits per heavy atom. The number of nitriles is 1. The smallest absolute Gasteiger partial charge is 0.129 e. The van der Waals surface area contributed by atoms with Gasteiger partial charge in [-0.05, 0) is 35.0 Å². The Labute approximate surface area is 92.5 Å². The zero-order valence-electron chi connectivity index (χ0n) is 8.24. The number of rotatable bonds is 3. The van der Waals surface area contributed by atoms with Crippen LogP contribution < -0.4 is 4.90 Å². The molecule has 0 amide bonds. The molecule has 0 spiro atoms. The molecule has 0 N–H and O–H groups in total. The van der Waals surface area contributed by atoms with E-state index < -0.39 is 0 Å². The van der Waals surface area contributed by atoms with Crippen LogP contribution in [0.3, 0.4) is 0 Å². The third kappa shape index (κ3) is 2.71. The summed E-state index contributed by atoms with van der Waals surface area (Å²) < 4.78 is 0.811. The maximum Gasteiger partial charge on any atom is 0.129 e. The first-order chi connectivity index (χ1) is 6.65. The van der Waals surface area contributed by atoms with Crippen LogP contribution in [-0.4, -0.2) is 18.1 Å². The van der Waals surface area contributed by atoms with E-state index in [1.54, 1.807) is 0 Å². The molecule has 0 aliphatic rings. The number of anilines is 1. The minimum Gasteiger partial charge on any atom is -0.356 e. The van der Waals surface area contributed by atoms with Gasteiger partial charge in [0, 0.05) is 13.1 Å². The highest BCUT2D eigenvalue weighted by Gasteiger charge is 2.10. The van der Waals surface area contributed by atoms with Gasteiger partial charge in [0.15, 0.2) is 0 Å². The molecule has 74 valence electrons. The van der Waals surface area contributed by atoms with Crippen molar-refractivity contribution in [2.75, 3.05) is 11.9 Å². The Kier molecular flexibility index (Phi) is 3.90. The SMILES string of the molecule is CC(CC#N)N(C)c1cccc(Br)n1. The summed E-state index contributed by atoms with van der Waals surface area (Å²) in [7, 11) is 1.94. The van der Waals surface area contributed by atoms with Crippen molar-refractivity contribution < 1.29 is 0 Å². The molecule has 1 aromatic rings. The molecule has 0 bridgehead atoms. The van der Waals surface area contributed by atoms with Crippen molar-refractivity contribution in [1.82, 2.24) is 4.98 Å². The van der Waals surface area contributed by atoms with Crippen molar-refractivity contribution in [1.29, 1.82) is 5.26 Å². The van der Waals surface area contributed by atoms with Gasteiger partial charge in [-0.1, -0.05) is 6.07 Å². The van der Waals surface area contributed by atoms with Gasteiger partial charge in [-0.2, -0.15) is 5.26 Å². The molecule has 4 heteroatoms. The average molecular weight is 254 g/mol. The largest absolute Gasteiger partial charge is 0.356 e. The minimum absolute atomic E-state index is 0.182. The van der Waals surface area contributed by atoms with E-state index in [1.165, 1.54) is 0 Å². The van der Waals surface area contributed by atoms with Crippen LogP contribution in [0.1, 0.15) is 13.3 Å². The van der Waals surface area contributed by atoms with Crippen molar-refractivity contribution in [3.05, 3.63) is 22.8 Å². The fourth-order valence-electron chi connectivity index (χ4n) is 1.09. The second kappa shape index (κ2) is 4.97. The Morgan fingerprint density at radius 2 is 2.36 bits per heavy atom. The van der Waals surface area contributed by atoms with E-state index in [1.807, 2.05) is 37.1 Å². The normalized spacial score (nSPS) is 11.9. The zero-order valence-corrected chi connectivity index (χ0v) is 9.82. The summed E-state index contributed by atoms with van der Waals surface area (Å²) in [6, 6.07) is 8.08. The number of aromatic nitrogens is 1. The first kappa shape index (κ1) is 11.0. The van der Waals surface area contributed by atoms with E-state index in [0.29, 0.717) is 6.42 Å². The lowest BCUT2D eigenvalue weighted by molar-refractivity contribution is 0.693. The van der Waals surface area contributed by atoms with Gasteiger partial charge in [0.25, 0.3) is 0 Å². The van der Waals surface area contributed by atoms with Gasteiger partial charge >= 0.3 is 0 Å². The molecule has 0 saturated heterocycles. The monoisotopic (exact) mass is 253 g/mol. The van der Waals surface area contributed by atoms with Crippen molar-refractivity contribution in [3.8, 4) is 6.07 Å². The molecule has 1 rings (SSSR count). The van der Waals surface area contributed by atoms with Crippen LogP contribution in [-0.2, 0) is 0 Å². The highest BCUT2D eigenvalue weighted by Crippen LogP contribution is 2.16. The highest BCUT2D eigenvalue weighted by atomic mass is 79.9. The molecule has 1 unspecified atom stereocenters. The van der Waals surface area contributed by atoms with Crippen molar-refractivity contribution >= 4 is 21.7 Å². The average Bonchev–Trinajstić information content (AvgIpc) is 2.17. The van der Waals surface area contributed by atoms with Gasteiger partial charge in [-0.3, -0.25) is 0 Å². The molecule has 0 aliphatic heterocycles. The zero-order chi connectivity index (χ0) is 10.6. The van der Waals surface area contributed by atoms with Gasteiger partial charge in [0.2, 0.25) is 0 Å². The second-order valence-electron chi connectivity index (χ2n) is 3.14. The Bertz CT molecular complexity index is 345. The first-order valence-corrected chi connectivity index (χ1v) is 5.16. The lowest BCUT2D eigenvalue weighted by Gasteiger charge is -2.23. The van der Waals surface area contributed by atoms with Gasteiger partial charge in [0.1, 0.15) is 10.4 Å². The third-order valence-corrected chi connectivity index (χ3v) is 2.55. The van der Waals surface area contributed by atoms with Crippen molar-refractivity contribution in [2.24, 2.45) is 0 Å². The number of hydrogen-bond donors (Lipinski definition) is 0. The Morgan fingerprint density at radius 3 is 2.93 bits per heavy atom. The van der Waals surface area contributed by atoms with E-state index in [9.17, 15) is 0 Å². The molecule has 1 atom stereocenters. The fourth-order valence-corrected chi connectivity index (χ4v) is 1.42. The summed E-state index contributed by atoms with van der Waals surface area (Å²) in [5.74, 6) is 0.877. The Balaban J connectivity index is 2.79. The van der Waals surface area contributed by atoms with Crippen LogP contribution in [0.4, 0.5) is 5.82 Å².